The molecule has 0 saturated carbocycles. The van der Waals surface area contributed by atoms with Crippen LogP contribution in [0.4, 0.5) is 4.39 Å². The molecule has 2 aromatic rings. The van der Waals surface area contributed by atoms with Gasteiger partial charge in [-0.05, 0) is 37.3 Å². The van der Waals surface area contributed by atoms with Crippen molar-refractivity contribution in [3.63, 3.8) is 0 Å². The molecule has 0 aliphatic rings. The quantitative estimate of drug-likeness (QED) is 0.804. The highest BCUT2D eigenvalue weighted by atomic mass is 79.9. The average Bonchev–Trinajstić information content (AvgIpc) is 2.82. The number of carbonyl (C=O) groups excluding carboxylic acids is 1. The molecule has 1 aromatic carbocycles. The maximum atomic E-state index is 13.7. The van der Waals surface area contributed by atoms with Crippen LogP contribution in [-0.2, 0) is 11.3 Å². The van der Waals surface area contributed by atoms with Gasteiger partial charge in [0.05, 0.1) is 13.2 Å². The number of halogens is 2. The van der Waals surface area contributed by atoms with Gasteiger partial charge in [-0.25, -0.2) is 9.18 Å². The monoisotopic (exact) mass is 325 g/mol. The average molecular weight is 326 g/mol. The summed E-state index contributed by atoms with van der Waals surface area (Å²) in [6, 6.07) is 8.13. The standard InChI is InChI=1S/C14H13BrFNO2/c1-2-19-14(18)13-4-3-7-17(13)9-10-8-11(15)5-6-12(10)16/h3-8H,2,9H2,1H3. The summed E-state index contributed by atoms with van der Waals surface area (Å²) < 4.78 is 21.1. The van der Waals surface area contributed by atoms with Crippen molar-refractivity contribution in [2.45, 2.75) is 13.5 Å². The maximum absolute atomic E-state index is 13.7. The molecule has 0 N–H and O–H groups in total. The van der Waals surface area contributed by atoms with Crippen LogP contribution < -0.4 is 0 Å². The number of aromatic nitrogens is 1. The van der Waals surface area contributed by atoms with Gasteiger partial charge in [0.15, 0.2) is 0 Å². The summed E-state index contributed by atoms with van der Waals surface area (Å²) in [5.74, 6) is -0.699. The number of hydrogen-bond acceptors (Lipinski definition) is 2. The zero-order valence-electron chi connectivity index (χ0n) is 10.4. The first kappa shape index (κ1) is 13.8. The smallest absolute Gasteiger partial charge is 0.354 e. The highest BCUT2D eigenvalue weighted by molar-refractivity contribution is 9.10. The first-order chi connectivity index (χ1) is 9.11. The van der Waals surface area contributed by atoms with Gasteiger partial charge in [0.25, 0.3) is 0 Å². The highest BCUT2D eigenvalue weighted by Crippen LogP contribution is 2.18. The zero-order valence-corrected chi connectivity index (χ0v) is 12.0. The summed E-state index contributed by atoms with van der Waals surface area (Å²) in [6.07, 6.45) is 1.73. The second-order valence-electron chi connectivity index (χ2n) is 3.98. The predicted octanol–water partition coefficient (Wildman–Crippen LogP) is 3.61. The van der Waals surface area contributed by atoms with Gasteiger partial charge in [0.2, 0.25) is 0 Å². The molecule has 0 saturated heterocycles. The summed E-state index contributed by atoms with van der Waals surface area (Å²) in [6.45, 7) is 2.35. The lowest BCUT2D eigenvalue weighted by Crippen LogP contribution is -2.12. The molecular formula is C14H13BrFNO2. The third-order valence-corrected chi connectivity index (χ3v) is 3.16. The lowest BCUT2D eigenvalue weighted by atomic mass is 10.2. The third-order valence-electron chi connectivity index (χ3n) is 2.66. The first-order valence-electron chi connectivity index (χ1n) is 5.88. The van der Waals surface area contributed by atoms with Gasteiger partial charge in [0, 0.05) is 16.2 Å². The minimum absolute atomic E-state index is 0.284. The number of benzene rings is 1. The zero-order chi connectivity index (χ0) is 13.8. The Labute approximate surface area is 119 Å². The van der Waals surface area contributed by atoms with Gasteiger partial charge in [-0.15, -0.1) is 0 Å². The molecule has 19 heavy (non-hydrogen) atoms. The first-order valence-corrected chi connectivity index (χ1v) is 6.67. The van der Waals surface area contributed by atoms with E-state index in [1.807, 2.05) is 0 Å². The number of hydrogen-bond donors (Lipinski definition) is 0. The summed E-state index contributed by atoms with van der Waals surface area (Å²) in [4.78, 5) is 11.7. The van der Waals surface area contributed by atoms with Crippen LogP contribution in [0, 0.1) is 5.82 Å². The van der Waals surface area contributed by atoms with Crippen molar-refractivity contribution in [3.05, 3.63) is 58.1 Å². The Kier molecular flexibility index (Phi) is 4.37. The summed E-state index contributed by atoms with van der Waals surface area (Å²) in [5.41, 5.74) is 0.928. The van der Waals surface area contributed by atoms with Crippen LogP contribution in [0.15, 0.2) is 41.0 Å². The molecule has 0 spiro atoms. The van der Waals surface area contributed by atoms with Crippen LogP contribution in [0.2, 0.25) is 0 Å². The molecule has 0 aliphatic carbocycles. The Hall–Kier alpha value is -1.62. The van der Waals surface area contributed by atoms with Crippen LogP contribution in [0.5, 0.6) is 0 Å². The fourth-order valence-electron chi connectivity index (χ4n) is 1.79. The van der Waals surface area contributed by atoms with Gasteiger partial charge in [-0.3, -0.25) is 0 Å². The largest absolute Gasteiger partial charge is 0.461 e. The minimum atomic E-state index is -0.400. The van der Waals surface area contributed by atoms with E-state index >= 15 is 0 Å². The maximum Gasteiger partial charge on any atom is 0.354 e. The summed E-state index contributed by atoms with van der Waals surface area (Å²) in [7, 11) is 0. The van der Waals surface area contributed by atoms with Crippen molar-refractivity contribution < 1.29 is 13.9 Å². The van der Waals surface area contributed by atoms with Crippen LogP contribution in [0.1, 0.15) is 23.0 Å². The van der Waals surface area contributed by atoms with E-state index in [0.717, 1.165) is 4.47 Å². The molecule has 0 atom stereocenters. The van der Waals surface area contributed by atoms with E-state index in [1.54, 1.807) is 42.0 Å². The van der Waals surface area contributed by atoms with Gasteiger partial charge in [-0.2, -0.15) is 0 Å². The van der Waals surface area contributed by atoms with Gasteiger partial charge < -0.3 is 9.30 Å². The molecule has 1 aromatic heterocycles. The topological polar surface area (TPSA) is 31.2 Å². The van der Waals surface area contributed by atoms with Gasteiger partial charge in [0.1, 0.15) is 11.5 Å². The van der Waals surface area contributed by atoms with E-state index in [2.05, 4.69) is 15.9 Å². The van der Waals surface area contributed by atoms with Crippen molar-refractivity contribution in [3.8, 4) is 0 Å². The second kappa shape index (κ2) is 6.02. The molecule has 0 amide bonds. The number of rotatable bonds is 4. The van der Waals surface area contributed by atoms with Crippen LogP contribution in [0.3, 0.4) is 0 Å². The fourth-order valence-corrected chi connectivity index (χ4v) is 2.20. The Bertz CT molecular complexity index is 595. The molecular weight excluding hydrogens is 313 g/mol. The van der Waals surface area contributed by atoms with Gasteiger partial charge in [-0.1, -0.05) is 15.9 Å². The Morgan fingerprint density at radius 2 is 2.21 bits per heavy atom. The lowest BCUT2D eigenvalue weighted by Gasteiger charge is -2.09. The van der Waals surface area contributed by atoms with Crippen molar-refractivity contribution >= 4 is 21.9 Å². The third kappa shape index (κ3) is 3.23. The van der Waals surface area contributed by atoms with Crippen LogP contribution in [-0.4, -0.2) is 17.1 Å². The van der Waals surface area contributed by atoms with Crippen molar-refractivity contribution in [2.24, 2.45) is 0 Å². The van der Waals surface area contributed by atoms with Gasteiger partial charge >= 0.3 is 5.97 Å². The van der Waals surface area contributed by atoms with E-state index in [1.165, 1.54) is 6.07 Å². The molecule has 0 unspecified atom stereocenters. The predicted molar refractivity (Wildman–Crippen MR) is 73.6 cm³/mol. The normalized spacial score (nSPS) is 10.5. The Morgan fingerprint density at radius 1 is 1.42 bits per heavy atom. The molecule has 100 valence electrons. The Morgan fingerprint density at radius 3 is 2.95 bits per heavy atom. The van der Waals surface area contributed by atoms with E-state index < -0.39 is 5.97 Å². The molecule has 0 radical (unpaired) electrons. The molecule has 0 bridgehead atoms. The van der Waals surface area contributed by atoms with Crippen LogP contribution in [0.25, 0.3) is 0 Å². The van der Waals surface area contributed by atoms with E-state index in [9.17, 15) is 9.18 Å². The molecule has 0 fully saturated rings. The number of ether oxygens (including phenoxy) is 1. The fraction of sp³-hybridized carbons (Fsp3) is 0.214. The van der Waals surface area contributed by atoms with E-state index in [-0.39, 0.29) is 12.4 Å². The number of nitrogens with zero attached hydrogens (tertiary/aromatic N) is 1. The number of carbonyl (C=O) groups is 1. The van der Waals surface area contributed by atoms with Crippen LogP contribution >= 0.6 is 15.9 Å². The number of esters is 1. The van der Waals surface area contributed by atoms with Crippen molar-refractivity contribution in [1.82, 2.24) is 4.57 Å². The highest BCUT2D eigenvalue weighted by Gasteiger charge is 2.13. The minimum Gasteiger partial charge on any atom is -0.461 e. The van der Waals surface area contributed by atoms with E-state index in [0.29, 0.717) is 17.9 Å². The van der Waals surface area contributed by atoms with Crippen molar-refractivity contribution in [2.75, 3.05) is 6.61 Å². The second-order valence-corrected chi connectivity index (χ2v) is 4.89. The SMILES string of the molecule is CCOC(=O)c1cccn1Cc1cc(Br)ccc1F. The van der Waals surface area contributed by atoms with Crippen molar-refractivity contribution in [1.29, 1.82) is 0 Å². The lowest BCUT2D eigenvalue weighted by molar-refractivity contribution is 0.0514. The summed E-state index contributed by atoms with van der Waals surface area (Å²) in [5, 5.41) is 0. The molecule has 2 rings (SSSR count). The van der Waals surface area contributed by atoms with E-state index in [4.69, 9.17) is 4.74 Å². The molecule has 0 aliphatic heterocycles. The molecule has 1 heterocycles. The Balaban J connectivity index is 2.26. The molecule has 5 heteroatoms. The molecule has 3 nitrogen and oxygen atoms in total. The summed E-state index contributed by atoms with van der Waals surface area (Å²) >= 11 is 3.31.